The first-order chi connectivity index (χ1) is 8.58. The van der Waals surface area contributed by atoms with Crippen molar-refractivity contribution < 1.29 is 13.7 Å². The predicted octanol–water partition coefficient (Wildman–Crippen LogP) is 1.79. The Morgan fingerprint density at radius 3 is 2.94 bits per heavy atom. The summed E-state index contributed by atoms with van der Waals surface area (Å²) >= 11 is 0. The Bertz CT molecular complexity index is 568. The summed E-state index contributed by atoms with van der Waals surface area (Å²) in [5.41, 5.74) is 0.616. The lowest BCUT2D eigenvalue weighted by Crippen LogP contribution is -2.27. The summed E-state index contributed by atoms with van der Waals surface area (Å²) < 4.78 is 18.3. The molecule has 0 spiro atoms. The van der Waals surface area contributed by atoms with Crippen molar-refractivity contribution in [1.82, 2.24) is 15.0 Å². The molecule has 0 saturated heterocycles. The minimum atomic E-state index is -0.634. The summed E-state index contributed by atoms with van der Waals surface area (Å²) in [6.45, 7) is 2.03. The van der Waals surface area contributed by atoms with Gasteiger partial charge in [0, 0.05) is 19.3 Å². The van der Waals surface area contributed by atoms with Crippen LogP contribution in [0.4, 0.5) is 4.39 Å². The van der Waals surface area contributed by atoms with E-state index in [2.05, 4.69) is 10.1 Å². The largest absolute Gasteiger partial charge is 0.361 e. The molecule has 0 unspecified atom stereocenters. The highest BCUT2D eigenvalue weighted by atomic mass is 19.1. The molecular weight excluding hydrogens is 237 g/mol. The number of carbonyl (C=O) groups is 1. The maximum absolute atomic E-state index is 13.4. The molecule has 6 heteroatoms. The van der Waals surface area contributed by atoms with Crippen LogP contribution < -0.4 is 0 Å². The Morgan fingerprint density at radius 1 is 1.56 bits per heavy atom. The smallest absolute Gasteiger partial charge is 0.257 e. The molecular formula is C12H12FN3O2. The third-order valence-corrected chi connectivity index (χ3v) is 2.43. The maximum atomic E-state index is 13.4. The van der Waals surface area contributed by atoms with Crippen molar-refractivity contribution in [2.24, 2.45) is 0 Å². The van der Waals surface area contributed by atoms with Crippen molar-refractivity contribution in [1.29, 1.82) is 0 Å². The summed E-state index contributed by atoms with van der Waals surface area (Å²) in [6, 6.07) is 3.08. The average Bonchev–Trinajstić information content (AvgIpc) is 2.74. The number of carbonyl (C=O) groups excluding carboxylic acids is 1. The summed E-state index contributed by atoms with van der Waals surface area (Å²) in [5, 5.41) is 3.78. The van der Waals surface area contributed by atoms with E-state index in [0.717, 1.165) is 6.20 Å². The Labute approximate surface area is 103 Å². The average molecular weight is 249 g/mol. The van der Waals surface area contributed by atoms with Gasteiger partial charge in [-0.25, -0.2) is 4.39 Å². The molecule has 0 atom stereocenters. The molecule has 2 aromatic heterocycles. The fourth-order valence-electron chi connectivity index (χ4n) is 1.56. The van der Waals surface area contributed by atoms with E-state index < -0.39 is 11.7 Å². The summed E-state index contributed by atoms with van der Waals surface area (Å²) in [4.78, 5) is 16.9. The van der Waals surface area contributed by atoms with Gasteiger partial charge in [0.05, 0.1) is 18.3 Å². The number of aromatic nitrogens is 2. The molecule has 0 aromatic carbocycles. The lowest BCUT2D eigenvalue weighted by molar-refractivity contribution is 0.0777. The number of hydrogen-bond donors (Lipinski definition) is 0. The van der Waals surface area contributed by atoms with Crippen LogP contribution in [0, 0.1) is 12.7 Å². The maximum Gasteiger partial charge on any atom is 0.257 e. The van der Waals surface area contributed by atoms with Gasteiger partial charge in [0.2, 0.25) is 0 Å². The van der Waals surface area contributed by atoms with Crippen LogP contribution in [-0.2, 0) is 6.54 Å². The van der Waals surface area contributed by atoms with Gasteiger partial charge in [-0.1, -0.05) is 5.16 Å². The third kappa shape index (κ3) is 2.53. The number of amides is 1. The summed E-state index contributed by atoms with van der Waals surface area (Å²) in [5.74, 6) is -0.387. The zero-order valence-corrected chi connectivity index (χ0v) is 10.1. The molecule has 2 heterocycles. The van der Waals surface area contributed by atoms with E-state index in [1.807, 2.05) is 0 Å². The highest BCUT2D eigenvalue weighted by molar-refractivity contribution is 5.94. The van der Waals surface area contributed by atoms with Gasteiger partial charge in [-0.3, -0.25) is 9.78 Å². The molecule has 2 aromatic rings. The molecule has 0 aliphatic rings. The number of aryl methyl sites for hydroxylation is 1. The van der Waals surface area contributed by atoms with Crippen LogP contribution in [0.1, 0.15) is 21.8 Å². The van der Waals surface area contributed by atoms with Crippen molar-refractivity contribution in [2.75, 3.05) is 7.05 Å². The summed E-state index contributed by atoms with van der Waals surface area (Å²) in [7, 11) is 1.58. The van der Waals surface area contributed by atoms with Gasteiger partial charge >= 0.3 is 0 Å². The van der Waals surface area contributed by atoms with Crippen LogP contribution in [0.15, 0.2) is 29.0 Å². The first-order valence-electron chi connectivity index (χ1n) is 5.35. The van der Waals surface area contributed by atoms with Crippen LogP contribution in [-0.4, -0.2) is 28.0 Å². The molecule has 0 saturated carbocycles. The normalized spacial score (nSPS) is 10.4. The standard InChI is InChI=1S/C12H12FN3O2/c1-8-5-9(15-18-8)7-16(2)12(17)10-3-4-14-6-11(10)13/h3-6H,7H2,1-2H3. The number of pyridine rings is 1. The van der Waals surface area contributed by atoms with Gasteiger partial charge in [0.15, 0.2) is 5.82 Å². The zero-order chi connectivity index (χ0) is 13.1. The fourth-order valence-corrected chi connectivity index (χ4v) is 1.56. The van der Waals surface area contributed by atoms with Crippen LogP contribution >= 0.6 is 0 Å². The van der Waals surface area contributed by atoms with Crippen molar-refractivity contribution >= 4 is 5.91 Å². The van der Waals surface area contributed by atoms with Crippen molar-refractivity contribution in [3.8, 4) is 0 Å². The van der Waals surface area contributed by atoms with Gasteiger partial charge in [0.25, 0.3) is 5.91 Å². The molecule has 2 rings (SSSR count). The Morgan fingerprint density at radius 2 is 2.33 bits per heavy atom. The fraction of sp³-hybridized carbons (Fsp3) is 0.250. The minimum absolute atomic E-state index is 0.00674. The number of hydrogen-bond acceptors (Lipinski definition) is 4. The molecule has 5 nitrogen and oxygen atoms in total. The van der Waals surface area contributed by atoms with Crippen LogP contribution in [0.3, 0.4) is 0 Å². The molecule has 0 aliphatic heterocycles. The number of halogens is 1. The Hall–Kier alpha value is -2.24. The van der Waals surface area contributed by atoms with E-state index in [-0.39, 0.29) is 12.1 Å². The SMILES string of the molecule is Cc1cc(CN(C)C(=O)c2ccncc2F)no1. The zero-order valence-electron chi connectivity index (χ0n) is 10.1. The van der Waals surface area contributed by atoms with Gasteiger partial charge in [-0.05, 0) is 13.0 Å². The molecule has 0 aliphatic carbocycles. The third-order valence-electron chi connectivity index (χ3n) is 2.43. The Balaban J connectivity index is 2.12. The second-order valence-corrected chi connectivity index (χ2v) is 3.95. The Kier molecular flexibility index (Phi) is 3.36. The van der Waals surface area contributed by atoms with E-state index in [0.29, 0.717) is 11.5 Å². The monoisotopic (exact) mass is 249 g/mol. The van der Waals surface area contributed by atoms with E-state index >= 15 is 0 Å². The molecule has 0 N–H and O–H groups in total. The molecule has 0 bridgehead atoms. The van der Waals surface area contributed by atoms with Gasteiger partial charge < -0.3 is 9.42 Å². The lowest BCUT2D eigenvalue weighted by atomic mass is 10.2. The van der Waals surface area contributed by atoms with E-state index in [4.69, 9.17) is 4.52 Å². The minimum Gasteiger partial charge on any atom is -0.361 e. The molecule has 18 heavy (non-hydrogen) atoms. The second-order valence-electron chi connectivity index (χ2n) is 3.95. The molecule has 1 amide bonds. The van der Waals surface area contributed by atoms with E-state index in [1.54, 1.807) is 20.0 Å². The lowest BCUT2D eigenvalue weighted by Gasteiger charge is -2.15. The van der Waals surface area contributed by atoms with Gasteiger partial charge in [0.1, 0.15) is 11.5 Å². The predicted molar refractivity (Wildman–Crippen MR) is 61.2 cm³/mol. The van der Waals surface area contributed by atoms with E-state index in [9.17, 15) is 9.18 Å². The summed E-state index contributed by atoms with van der Waals surface area (Å²) in [6.07, 6.45) is 2.39. The topological polar surface area (TPSA) is 59.2 Å². The molecule has 0 radical (unpaired) electrons. The molecule has 94 valence electrons. The van der Waals surface area contributed by atoms with Gasteiger partial charge in [-0.2, -0.15) is 0 Å². The van der Waals surface area contributed by atoms with Crippen LogP contribution in [0.5, 0.6) is 0 Å². The van der Waals surface area contributed by atoms with Crippen molar-refractivity contribution in [3.05, 3.63) is 47.4 Å². The van der Waals surface area contributed by atoms with Crippen LogP contribution in [0.25, 0.3) is 0 Å². The quantitative estimate of drug-likeness (QED) is 0.832. The van der Waals surface area contributed by atoms with Crippen LogP contribution in [0.2, 0.25) is 0 Å². The number of nitrogens with zero attached hydrogens (tertiary/aromatic N) is 3. The number of rotatable bonds is 3. The van der Waals surface area contributed by atoms with Crippen molar-refractivity contribution in [3.63, 3.8) is 0 Å². The van der Waals surface area contributed by atoms with Crippen molar-refractivity contribution in [2.45, 2.75) is 13.5 Å². The second kappa shape index (κ2) is 4.95. The highest BCUT2D eigenvalue weighted by Gasteiger charge is 2.17. The molecule has 0 fully saturated rings. The highest BCUT2D eigenvalue weighted by Crippen LogP contribution is 2.10. The first-order valence-corrected chi connectivity index (χ1v) is 5.35. The van der Waals surface area contributed by atoms with Gasteiger partial charge in [-0.15, -0.1) is 0 Å². The first kappa shape index (κ1) is 12.2. The van der Waals surface area contributed by atoms with E-state index in [1.165, 1.54) is 17.2 Å².